The molecule has 1 fully saturated rings. The van der Waals surface area contributed by atoms with Gasteiger partial charge in [0.25, 0.3) is 0 Å². The van der Waals surface area contributed by atoms with Crippen LogP contribution in [0.3, 0.4) is 0 Å². The first-order valence-corrected chi connectivity index (χ1v) is 6.72. The number of benzene rings is 1. The van der Waals surface area contributed by atoms with Crippen molar-refractivity contribution in [3.05, 3.63) is 35.9 Å². The third-order valence-corrected chi connectivity index (χ3v) is 3.38. The van der Waals surface area contributed by atoms with Gasteiger partial charge in [0.05, 0.1) is 12.6 Å². The molecule has 1 aliphatic rings. The first-order chi connectivity index (χ1) is 9.20. The van der Waals surface area contributed by atoms with Crippen LogP contribution in [0.2, 0.25) is 0 Å². The van der Waals surface area contributed by atoms with Crippen LogP contribution >= 0.6 is 0 Å². The van der Waals surface area contributed by atoms with Crippen LogP contribution in [0.25, 0.3) is 0 Å². The van der Waals surface area contributed by atoms with E-state index in [9.17, 15) is 4.79 Å². The summed E-state index contributed by atoms with van der Waals surface area (Å²) in [5, 5.41) is 0. The van der Waals surface area contributed by atoms with E-state index in [2.05, 4.69) is 5.92 Å². The van der Waals surface area contributed by atoms with Crippen molar-refractivity contribution in [3.8, 4) is 12.3 Å². The molecule has 0 saturated heterocycles. The zero-order chi connectivity index (χ0) is 13.7. The number of nitrogens with two attached hydrogens (primary N) is 1. The molecule has 1 saturated carbocycles. The molecule has 0 bridgehead atoms. The van der Waals surface area contributed by atoms with Gasteiger partial charge in [-0.15, -0.1) is 6.42 Å². The summed E-state index contributed by atoms with van der Waals surface area (Å²) in [6, 6.07) is 9.33. The highest BCUT2D eigenvalue weighted by Gasteiger charge is 2.28. The van der Waals surface area contributed by atoms with Crippen molar-refractivity contribution in [3.63, 3.8) is 0 Å². The van der Waals surface area contributed by atoms with E-state index >= 15 is 0 Å². The van der Waals surface area contributed by atoms with Crippen LogP contribution in [0, 0.1) is 18.3 Å². The normalized spacial score (nSPS) is 15.6. The van der Waals surface area contributed by atoms with E-state index < -0.39 is 6.04 Å². The molecule has 0 unspecified atom stereocenters. The molecule has 0 heterocycles. The van der Waals surface area contributed by atoms with E-state index in [1.807, 2.05) is 30.3 Å². The molecule has 2 rings (SSSR count). The largest absolute Gasteiger partial charge is 0.330 e. The third-order valence-electron chi connectivity index (χ3n) is 3.38. The summed E-state index contributed by atoms with van der Waals surface area (Å²) in [5.74, 6) is 3.14. The molecule has 100 valence electrons. The molecule has 0 spiro atoms. The number of rotatable bonds is 6. The van der Waals surface area contributed by atoms with Crippen molar-refractivity contribution in [2.45, 2.75) is 25.3 Å². The van der Waals surface area contributed by atoms with E-state index in [0.717, 1.165) is 12.1 Å². The molecular formula is C16H20N2O. The predicted molar refractivity (Wildman–Crippen MR) is 76.3 cm³/mol. The highest BCUT2D eigenvalue weighted by molar-refractivity contribution is 5.82. The second-order valence-electron chi connectivity index (χ2n) is 5.16. The monoisotopic (exact) mass is 256 g/mol. The van der Waals surface area contributed by atoms with Crippen LogP contribution in [-0.4, -0.2) is 29.9 Å². The lowest BCUT2D eigenvalue weighted by Gasteiger charge is -2.23. The van der Waals surface area contributed by atoms with Gasteiger partial charge in [0.1, 0.15) is 0 Å². The smallest absolute Gasteiger partial charge is 0.240 e. The van der Waals surface area contributed by atoms with Crippen LogP contribution in [0.5, 0.6) is 0 Å². The Morgan fingerprint density at radius 1 is 1.42 bits per heavy atom. The van der Waals surface area contributed by atoms with Crippen molar-refractivity contribution in [2.75, 3.05) is 13.1 Å². The Hall–Kier alpha value is -1.79. The molecule has 2 N–H and O–H groups in total. The second kappa shape index (κ2) is 6.40. The number of nitrogens with zero attached hydrogens (tertiary/aromatic N) is 1. The molecule has 0 aliphatic heterocycles. The molecule has 19 heavy (non-hydrogen) atoms. The van der Waals surface area contributed by atoms with Gasteiger partial charge in [-0.25, -0.2) is 0 Å². The van der Waals surface area contributed by atoms with Crippen LogP contribution < -0.4 is 5.73 Å². The minimum atomic E-state index is -0.505. The molecule has 0 aromatic heterocycles. The number of hydrogen-bond acceptors (Lipinski definition) is 2. The quantitative estimate of drug-likeness (QED) is 0.783. The zero-order valence-corrected chi connectivity index (χ0v) is 11.1. The summed E-state index contributed by atoms with van der Waals surface area (Å²) in [6.07, 6.45) is 8.29. The van der Waals surface area contributed by atoms with Gasteiger partial charge in [-0.2, -0.15) is 0 Å². The van der Waals surface area contributed by atoms with Gasteiger partial charge >= 0.3 is 0 Å². The van der Waals surface area contributed by atoms with Gasteiger partial charge < -0.3 is 10.6 Å². The lowest BCUT2D eigenvalue weighted by molar-refractivity contribution is -0.132. The van der Waals surface area contributed by atoms with Crippen molar-refractivity contribution >= 4 is 5.91 Å². The number of carbonyl (C=O) groups excluding carboxylic acids is 1. The lowest BCUT2D eigenvalue weighted by atomic mass is 10.1. The molecule has 1 aromatic carbocycles. The molecule has 3 heteroatoms. The van der Waals surface area contributed by atoms with E-state index in [0.29, 0.717) is 18.9 Å². The van der Waals surface area contributed by atoms with Crippen molar-refractivity contribution < 1.29 is 4.79 Å². The van der Waals surface area contributed by atoms with E-state index in [1.165, 1.54) is 12.8 Å². The van der Waals surface area contributed by atoms with Gasteiger partial charge in [0, 0.05) is 6.54 Å². The van der Waals surface area contributed by atoms with Crippen LogP contribution in [-0.2, 0) is 11.2 Å². The van der Waals surface area contributed by atoms with E-state index in [1.54, 1.807) is 4.90 Å². The number of carbonyl (C=O) groups is 1. The first kappa shape index (κ1) is 13.6. The Morgan fingerprint density at radius 3 is 2.68 bits per heavy atom. The van der Waals surface area contributed by atoms with Gasteiger partial charge in [-0.05, 0) is 30.7 Å². The summed E-state index contributed by atoms with van der Waals surface area (Å²) < 4.78 is 0. The lowest BCUT2D eigenvalue weighted by Crippen LogP contribution is -2.45. The Balaban J connectivity index is 1.93. The molecule has 1 atom stereocenters. The van der Waals surface area contributed by atoms with Gasteiger partial charge in [0.2, 0.25) is 5.91 Å². The van der Waals surface area contributed by atoms with Crippen LogP contribution in [0.1, 0.15) is 18.4 Å². The van der Waals surface area contributed by atoms with Gasteiger partial charge in [-0.3, -0.25) is 4.79 Å². The fourth-order valence-corrected chi connectivity index (χ4v) is 2.14. The Morgan fingerprint density at radius 2 is 2.11 bits per heavy atom. The maximum Gasteiger partial charge on any atom is 0.240 e. The van der Waals surface area contributed by atoms with Crippen molar-refractivity contribution in [1.82, 2.24) is 4.90 Å². The maximum atomic E-state index is 12.3. The third kappa shape index (κ3) is 4.11. The van der Waals surface area contributed by atoms with Gasteiger partial charge in [0.15, 0.2) is 0 Å². The molecular weight excluding hydrogens is 236 g/mol. The Bertz CT molecular complexity index is 459. The standard InChI is InChI=1S/C16H20N2O/c1-2-10-18(12-14-8-9-14)16(19)15(17)11-13-6-4-3-5-7-13/h1,3-7,14-15H,8-12,17H2/t15-/m1/s1. The Labute approximate surface area is 114 Å². The summed E-state index contributed by atoms with van der Waals surface area (Å²) >= 11 is 0. The number of hydrogen-bond donors (Lipinski definition) is 1. The predicted octanol–water partition coefficient (Wildman–Crippen LogP) is 1.43. The Kier molecular flexibility index (Phi) is 4.59. The number of amides is 1. The summed E-state index contributed by atoms with van der Waals surface area (Å²) in [4.78, 5) is 14.0. The average molecular weight is 256 g/mol. The molecule has 1 aromatic rings. The van der Waals surface area contributed by atoms with Gasteiger partial charge in [-0.1, -0.05) is 36.3 Å². The second-order valence-corrected chi connectivity index (χ2v) is 5.16. The van der Waals surface area contributed by atoms with Crippen molar-refractivity contribution in [1.29, 1.82) is 0 Å². The fourth-order valence-electron chi connectivity index (χ4n) is 2.14. The van der Waals surface area contributed by atoms with E-state index in [4.69, 9.17) is 12.2 Å². The highest BCUT2D eigenvalue weighted by atomic mass is 16.2. The molecule has 1 aliphatic carbocycles. The first-order valence-electron chi connectivity index (χ1n) is 6.72. The minimum absolute atomic E-state index is 0.0336. The zero-order valence-electron chi connectivity index (χ0n) is 11.1. The SMILES string of the molecule is C#CCN(CC1CC1)C(=O)[C@H](N)Cc1ccccc1. The van der Waals surface area contributed by atoms with E-state index in [-0.39, 0.29) is 5.91 Å². The van der Waals surface area contributed by atoms with Crippen LogP contribution in [0.4, 0.5) is 0 Å². The maximum absolute atomic E-state index is 12.3. The topological polar surface area (TPSA) is 46.3 Å². The summed E-state index contributed by atoms with van der Waals surface area (Å²) in [6.45, 7) is 1.11. The highest BCUT2D eigenvalue weighted by Crippen LogP contribution is 2.29. The molecule has 0 radical (unpaired) electrons. The summed E-state index contributed by atoms with van der Waals surface area (Å²) in [5.41, 5.74) is 7.10. The van der Waals surface area contributed by atoms with Crippen LogP contribution in [0.15, 0.2) is 30.3 Å². The summed E-state index contributed by atoms with van der Waals surface area (Å²) in [7, 11) is 0. The minimum Gasteiger partial charge on any atom is -0.330 e. The average Bonchev–Trinajstić information content (AvgIpc) is 3.22. The fraction of sp³-hybridized carbons (Fsp3) is 0.438. The molecule has 1 amide bonds. The van der Waals surface area contributed by atoms with Crippen molar-refractivity contribution in [2.24, 2.45) is 11.7 Å². The molecule has 3 nitrogen and oxygen atoms in total. The number of terminal acetylenes is 1.